The van der Waals surface area contributed by atoms with Crippen molar-refractivity contribution < 1.29 is 28.8 Å². The molecule has 7 heteroatoms. The highest BCUT2D eigenvalue weighted by atomic mass is 16.5. The van der Waals surface area contributed by atoms with E-state index in [1.807, 2.05) is 6.08 Å². The number of aromatic carboxylic acids is 1. The van der Waals surface area contributed by atoms with Gasteiger partial charge in [-0.1, -0.05) is 52.3 Å². The van der Waals surface area contributed by atoms with Crippen molar-refractivity contribution in [2.75, 3.05) is 7.11 Å². The van der Waals surface area contributed by atoms with Crippen molar-refractivity contribution >= 4 is 17.7 Å². The van der Waals surface area contributed by atoms with Crippen LogP contribution >= 0.6 is 0 Å². The Morgan fingerprint density at radius 1 is 1.05 bits per heavy atom. The number of carbonyl (C=O) groups excluding carboxylic acids is 2. The molecule has 0 bridgehead atoms. The molecule has 10 atom stereocenters. The van der Waals surface area contributed by atoms with Crippen molar-refractivity contribution in [3.05, 3.63) is 28.7 Å². The summed E-state index contributed by atoms with van der Waals surface area (Å²) in [5.74, 6) is -0.320. The number of carboxylic acid groups (broad SMARTS) is 1. The van der Waals surface area contributed by atoms with Gasteiger partial charge in [-0.15, -0.1) is 0 Å². The average molecular weight is 552 g/mol. The summed E-state index contributed by atoms with van der Waals surface area (Å²) >= 11 is 0. The number of ether oxygens (including phenoxy) is 1. The van der Waals surface area contributed by atoms with Crippen LogP contribution < -0.4 is 0 Å². The van der Waals surface area contributed by atoms with Crippen molar-refractivity contribution in [1.29, 1.82) is 0 Å². The first-order valence-electron chi connectivity index (χ1n) is 15.2. The average Bonchev–Trinajstić information content (AvgIpc) is 3.31. The first-order valence-corrected chi connectivity index (χ1v) is 15.2. The van der Waals surface area contributed by atoms with E-state index in [0.717, 1.165) is 25.7 Å². The molecular weight excluding hydrogens is 506 g/mol. The quantitative estimate of drug-likeness (QED) is 0.424. The van der Waals surface area contributed by atoms with E-state index in [9.17, 15) is 19.5 Å². The van der Waals surface area contributed by atoms with Gasteiger partial charge in [-0.2, -0.15) is 0 Å². The van der Waals surface area contributed by atoms with Crippen molar-refractivity contribution in [1.82, 2.24) is 5.16 Å². The van der Waals surface area contributed by atoms with E-state index in [1.54, 1.807) is 6.92 Å². The lowest BCUT2D eigenvalue weighted by Gasteiger charge is -2.69. The molecule has 5 aliphatic rings. The monoisotopic (exact) mass is 551 g/mol. The van der Waals surface area contributed by atoms with E-state index in [-0.39, 0.29) is 45.3 Å². The lowest BCUT2D eigenvalue weighted by atomic mass is 9.33. The number of rotatable bonds is 2. The standard InChI is InChI=1S/C33H45NO6/c1-17-9-11-29(3)13-14-31(5)20(23(29)18(17)2)15-21(35)25-30(4)16-19-24(27(36)37)34-40-26(19)33(7,28(38)39-8)22(30)10-12-32(25,31)6/h15,17-18,22-23,25H,9-14,16H2,1-8H3,(H,36,37)/t17-,18+,22-,23+,25-,29-,30+,31-,32-,33-/m1/s1. The molecule has 1 N–H and O–H groups in total. The van der Waals surface area contributed by atoms with E-state index in [0.29, 0.717) is 29.7 Å². The van der Waals surface area contributed by atoms with Crippen molar-refractivity contribution in [2.45, 2.75) is 98.8 Å². The summed E-state index contributed by atoms with van der Waals surface area (Å²) in [6.07, 6.45) is 8.53. The van der Waals surface area contributed by atoms with Crippen LogP contribution in [-0.2, 0) is 26.2 Å². The summed E-state index contributed by atoms with van der Waals surface area (Å²) in [4.78, 5) is 40.4. The highest BCUT2D eigenvalue weighted by Crippen LogP contribution is 2.75. The Balaban J connectivity index is 1.55. The number of ketones is 1. The number of aromatic nitrogens is 1. The lowest BCUT2D eigenvalue weighted by molar-refractivity contribution is -0.184. The molecule has 218 valence electrons. The Hall–Kier alpha value is -2.44. The van der Waals surface area contributed by atoms with Crippen LogP contribution in [0.1, 0.15) is 109 Å². The van der Waals surface area contributed by atoms with Crippen LogP contribution in [-0.4, -0.2) is 35.1 Å². The normalized spacial score (nSPS) is 47.5. The minimum Gasteiger partial charge on any atom is -0.476 e. The second-order valence-corrected chi connectivity index (χ2v) is 15.3. The second-order valence-electron chi connectivity index (χ2n) is 15.3. The number of methoxy groups -OCH3 is 1. The van der Waals surface area contributed by atoms with Crippen LogP contribution in [0.3, 0.4) is 0 Å². The Morgan fingerprint density at radius 3 is 2.40 bits per heavy atom. The van der Waals surface area contributed by atoms with Crippen LogP contribution in [0.2, 0.25) is 0 Å². The minimum absolute atomic E-state index is 0.140. The van der Waals surface area contributed by atoms with Crippen molar-refractivity contribution in [2.24, 2.45) is 51.2 Å². The van der Waals surface area contributed by atoms with Gasteiger partial charge in [0.2, 0.25) is 0 Å². The second kappa shape index (κ2) is 8.32. The van der Waals surface area contributed by atoms with Gasteiger partial charge in [-0.3, -0.25) is 9.59 Å². The van der Waals surface area contributed by atoms with Crippen molar-refractivity contribution in [3.63, 3.8) is 0 Å². The highest BCUT2D eigenvalue weighted by Gasteiger charge is 2.72. The molecule has 0 aromatic carbocycles. The molecule has 1 aromatic heterocycles. The molecule has 40 heavy (non-hydrogen) atoms. The molecule has 1 heterocycles. The number of fused-ring (bicyclic) bond motifs is 8. The van der Waals surface area contributed by atoms with E-state index in [1.165, 1.54) is 25.5 Å². The largest absolute Gasteiger partial charge is 0.476 e. The molecule has 3 saturated carbocycles. The van der Waals surface area contributed by atoms with Gasteiger partial charge in [-0.05, 0) is 103 Å². The topological polar surface area (TPSA) is 107 Å². The Morgan fingerprint density at radius 2 is 1.75 bits per heavy atom. The van der Waals surface area contributed by atoms with Crippen LogP contribution in [0.4, 0.5) is 0 Å². The molecular formula is C33H45NO6. The number of hydrogen-bond acceptors (Lipinski definition) is 6. The third kappa shape index (κ3) is 3.07. The minimum atomic E-state index is -1.23. The van der Waals surface area contributed by atoms with E-state index in [2.05, 4.69) is 46.7 Å². The number of carboxylic acids is 1. The molecule has 0 amide bonds. The summed E-state index contributed by atoms with van der Waals surface area (Å²) in [5.41, 5.74) is -0.546. The fourth-order valence-electron chi connectivity index (χ4n) is 11.3. The van der Waals surface area contributed by atoms with Gasteiger partial charge >= 0.3 is 11.9 Å². The van der Waals surface area contributed by atoms with Gasteiger partial charge in [0.05, 0.1) is 7.11 Å². The zero-order chi connectivity index (χ0) is 29.2. The van der Waals surface area contributed by atoms with Crippen LogP contribution in [0.15, 0.2) is 16.2 Å². The predicted molar refractivity (Wildman–Crippen MR) is 149 cm³/mol. The molecule has 6 rings (SSSR count). The molecule has 0 saturated heterocycles. The number of carbonyl (C=O) groups is 3. The SMILES string of the molecule is COC(=O)[C@@]1(C)c2onc(C(=O)O)c2C[C@@]2(C)[C@H]1CC[C@]1(C)[C@@H]2C(=O)C=C2[C@@H]3[C@@H](C)[C@H](C)CC[C@]3(C)CC[C@]21C. The number of allylic oxidation sites excluding steroid dienone is 2. The number of hydrogen-bond donors (Lipinski definition) is 1. The van der Waals surface area contributed by atoms with Crippen LogP contribution in [0.25, 0.3) is 0 Å². The molecule has 5 aliphatic carbocycles. The Kier molecular flexibility index (Phi) is 5.76. The third-order valence-corrected chi connectivity index (χ3v) is 13.7. The molecule has 0 aliphatic heterocycles. The van der Waals surface area contributed by atoms with E-state index >= 15 is 0 Å². The summed E-state index contributed by atoms with van der Waals surface area (Å²) in [6, 6.07) is 0. The first kappa shape index (κ1) is 27.7. The van der Waals surface area contributed by atoms with E-state index < -0.39 is 22.8 Å². The molecule has 7 nitrogen and oxygen atoms in total. The lowest BCUT2D eigenvalue weighted by Crippen LogP contribution is -2.67. The highest BCUT2D eigenvalue weighted by molar-refractivity contribution is 5.96. The molecule has 0 unspecified atom stereocenters. The van der Waals surface area contributed by atoms with Crippen LogP contribution in [0, 0.1) is 51.2 Å². The smallest absolute Gasteiger partial charge is 0.358 e. The van der Waals surface area contributed by atoms with Crippen LogP contribution in [0.5, 0.6) is 0 Å². The number of esters is 1. The Labute approximate surface area is 237 Å². The summed E-state index contributed by atoms with van der Waals surface area (Å²) in [5, 5.41) is 13.9. The molecule has 3 fully saturated rings. The summed E-state index contributed by atoms with van der Waals surface area (Å²) in [7, 11) is 1.35. The molecule has 0 spiro atoms. The van der Waals surface area contributed by atoms with Gasteiger partial charge in [-0.25, -0.2) is 4.79 Å². The zero-order valence-corrected chi connectivity index (χ0v) is 25.3. The Bertz CT molecular complexity index is 1340. The van der Waals surface area contributed by atoms with Gasteiger partial charge in [0.15, 0.2) is 17.2 Å². The predicted octanol–water partition coefficient (Wildman–Crippen LogP) is 6.40. The fourth-order valence-corrected chi connectivity index (χ4v) is 11.3. The van der Waals surface area contributed by atoms with E-state index in [4.69, 9.17) is 9.26 Å². The van der Waals surface area contributed by atoms with Gasteiger partial charge in [0.25, 0.3) is 0 Å². The van der Waals surface area contributed by atoms with Crippen molar-refractivity contribution in [3.8, 4) is 0 Å². The van der Waals surface area contributed by atoms with Gasteiger partial charge in [0, 0.05) is 11.5 Å². The van der Waals surface area contributed by atoms with Gasteiger partial charge in [0.1, 0.15) is 5.41 Å². The molecule has 0 radical (unpaired) electrons. The summed E-state index contributed by atoms with van der Waals surface area (Å²) in [6.45, 7) is 15.8. The third-order valence-electron chi connectivity index (χ3n) is 13.7. The maximum atomic E-state index is 14.6. The maximum absolute atomic E-state index is 14.6. The van der Waals surface area contributed by atoms with Gasteiger partial charge < -0.3 is 14.4 Å². The fraction of sp³-hybridized carbons (Fsp3) is 0.758. The molecule has 1 aromatic rings. The summed E-state index contributed by atoms with van der Waals surface area (Å²) < 4.78 is 11.0. The first-order chi connectivity index (χ1) is 18.6. The zero-order valence-electron chi connectivity index (χ0n) is 25.3. The number of nitrogens with zero attached hydrogens (tertiary/aromatic N) is 1. The maximum Gasteiger partial charge on any atom is 0.358 e.